The van der Waals surface area contributed by atoms with E-state index >= 15 is 0 Å². The minimum atomic E-state index is -0.875. The number of aliphatic carboxylic acids is 1. The Morgan fingerprint density at radius 1 is 1.04 bits per heavy atom. The van der Waals surface area contributed by atoms with Crippen LogP contribution >= 0.6 is 0 Å². The number of amides is 2. The summed E-state index contributed by atoms with van der Waals surface area (Å²) in [6.07, 6.45) is 2.48. The lowest BCUT2D eigenvalue weighted by atomic mass is 9.86. The number of hydrogen-bond donors (Lipinski definition) is 2. The van der Waals surface area contributed by atoms with E-state index in [1.807, 2.05) is 0 Å². The fourth-order valence-corrected chi connectivity index (χ4v) is 3.64. The van der Waals surface area contributed by atoms with Crippen LogP contribution in [0.1, 0.15) is 25.7 Å². The van der Waals surface area contributed by atoms with Crippen molar-refractivity contribution in [3.05, 3.63) is 29.8 Å². The maximum Gasteiger partial charge on any atom is 0.317 e. The number of anilines is 1. The molecule has 0 unspecified atom stereocenters. The van der Waals surface area contributed by atoms with Gasteiger partial charge in [-0.1, -0.05) is 6.07 Å². The molecule has 8 heteroatoms. The Labute approximate surface area is 150 Å². The number of nitrogens with zero attached hydrogens (tertiary/aromatic N) is 2. The zero-order valence-electron chi connectivity index (χ0n) is 14.5. The zero-order chi connectivity index (χ0) is 18.7. The molecule has 2 fully saturated rings. The van der Waals surface area contributed by atoms with Gasteiger partial charge in [-0.3, -0.25) is 4.79 Å². The predicted octanol–water partition coefficient (Wildman–Crippen LogP) is 2.44. The van der Waals surface area contributed by atoms with Crippen LogP contribution in [0.5, 0.6) is 0 Å². The largest absolute Gasteiger partial charge is 0.481 e. The first-order valence-electron chi connectivity index (χ1n) is 8.93. The minimum absolute atomic E-state index is 0.00297. The van der Waals surface area contributed by atoms with E-state index in [1.165, 1.54) is 12.1 Å². The van der Waals surface area contributed by atoms with Gasteiger partial charge in [-0.05, 0) is 37.8 Å². The Balaban J connectivity index is 1.48. The normalized spacial score (nSPS) is 23.6. The van der Waals surface area contributed by atoms with Crippen LogP contribution in [0.15, 0.2) is 18.2 Å². The van der Waals surface area contributed by atoms with Crippen molar-refractivity contribution in [3.63, 3.8) is 0 Å². The SMILES string of the molecule is O=C(O)C1CCC(NC(=O)N2CCN(c3cccc(F)c3F)CC2)CC1. The number of carboxylic acids is 1. The van der Waals surface area contributed by atoms with Crippen LogP contribution in [0, 0.1) is 17.6 Å². The van der Waals surface area contributed by atoms with Gasteiger partial charge in [0.2, 0.25) is 0 Å². The summed E-state index contributed by atoms with van der Waals surface area (Å²) in [4.78, 5) is 26.8. The van der Waals surface area contributed by atoms with Crippen molar-refractivity contribution in [2.75, 3.05) is 31.1 Å². The number of hydrogen-bond acceptors (Lipinski definition) is 3. The quantitative estimate of drug-likeness (QED) is 0.861. The Bertz CT molecular complexity index is 670. The van der Waals surface area contributed by atoms with E-state index in [0.717, 1.165) is 6.07 Å². The summed E-state index contributed by atoms with van der Waals surface area (Å²) in [6.45, 7) is 1.71. The van der Waals surface area contributed by atoms with Crippen LogP contribution in [-0.2, 0) is 4.79 Å². The molecule has 1 saturated heterocycles. The van der Waals surface area contributed by atoms with Crippen LogP contribution in [0.25, 0.3) is 0 Å². The van der Waals surface area contributed by atoms with Gasteiger partial charge in [0.1, 0.15) is 0 Å². The van der Waals surface area contributed by atoms with Crippen molar-refractivity contribution in [2.45, 2.75) is 31.7 Å². The van der Waals surface area contributed by atoms with Gasteiger partial charge in [-0.15, -0.1) is 0 Å². The van der Waals surface area contributed by atoms with Crippen LogP contribution in [0.2, 0.25) is 0 Å². The number of carbonyl (C=O) groups is 2. The average molecular weight is 367 g/mol. The molecule has 142 valence electrons. The number of rotatable bonds is 3. The van der Waals surface area contributed by atoms with Crippen LogP contribution < -0.4 is 10.2 Å². The standard InChI is InChI=1S/C18H23F2N3O3/c19-14-2-1-3-15(16(14)20)22-8-10-23(11-9-22)18(26)21-13-6-4-12(5-7-13)17(24)25/h1-3,12-13H,4-11H2,(H,21,26)(H,24,25). The molecule has 6 nitrogen and oxygen atoms in total. The molecule has 0 radical (unpaired) electrons. The first kappa shape index (κ1) is 18.4. The maximum absolute atomic E-state index is 13.9. The van der Waals surface area contributed by atoms with Gasteiger partial charge in [0.25, 0.3) is 0 Å². The first-order valence-corrected chi connectivity index (χ1v) is 8.93. The molecular weight excluding hydrogens is 344 g/mol. The molecule has 2 N–H and O–H groups in total. The smallest absolute Gasteiger partial charge is 0.317 e. The summed E-state index contributed by atoms with van der Waals surface area (Å²) < 4.78 is 27.3. The molecule has 1 saturated carbocycles. The molecule has 1 aliphatic carbocycles. The van der Waals surface area contributed by atoms with Gasteiger partial charge >= 0.3 is 12.0 Å². The second kappa shape index (κ2) is 7.88. The molecule has 0 bridgehead atoms. The summed E-state index contributed by atoms with van der Waals surface area (Å²) in [5, 5.41) is 12.0. The maximum atomic E-state index is 13.9. The van der Waals surface area contributed by atoms with Crippen molar-refractivity contribution in [1.29, 1.82) is 0 Å². The number of carboxylic acid groups (broad SMARTS) is 1. The van der Waals surface area contributed by atoms with E-state index < -0.39 is 17.6 Å². The van der Waals surface area contributed by atoms with Gasteiger partial charge in [-0.25, -0.2) is 13.6 Å². The van der Waals surface area contributed by atoms with E-state index in [-0.39, 0.29) is 23.7 Å². The second-order valence-corrected chi connectivity index (χ2v) is 6.88. The minimum Gasteiger partial charge on any atom is -0.481 e. The van der Waals surface area contributed by atoms with Gasteiger partial charge in [0.15, 0.2) is 11.6 Å². The van der Waals surface area contributed by atoms with Crippen molar-refractivity contribution >= 4 is 17.7 Å². The van der Waals surface area contributed by atoms with Gasteiger partial charge in [0, 0.05) is 32.2 Å². The third-order valence-electron chi connectivity index (χ3n) is 5.24. The highest BCUT2D eigenvalue weighted by Crippen LogP contribution is 2.25. The van der Waals surface area contributed by atoms with Crippen molar-refractivity contribution < 1.29 is 23.5 Å². The molecule has 1 aromatic carbocycles. The molecule has 0 aromatic heterocycles. The Kier molecular flexibility index (Phi) is 5.58. The highest BCUT2D eigenvalue weighted by Gasteiger charge is 2.29. The number of carbonyl (C=O) groups excluding carboxylic acids is 1. The lowest BCUT2D eigenvalue weighted by Crippen LogP contribution is -2.54. The third-order valence-corrected chi connectivity index (χ3v) is 5.24. The molecule has 1 heterocycles. The fraction of sp³-hybridized carbons (Fsp3) is 0.556. The lowest BCUT2D eigenvalue weighted by Gasteiger charge is -2.37. The van der Waals surface area contributed by atoms with Gasteiger partial charge < -0.3 is 20.2 Å². The highest BCUT2D eigenvalue weighted by atomic mass is 19.2. The average Bonchev–Trinajstić information content (AvgIpc) is 2.64. The molecule has 0 atom stereocenters. The van der Waals surface area contributed by atoms with Gasteiger partial charge in [-0.2, -0.15) is 0 Å². The molecular formula is C18H23F2N3O3. The molecule has 3 rings (SSSR count). The van der Waals surface area contributed by atoms with Crippen molar-refractivity contribution in [3.8, 4) is 0 Å². The fourth-order valence-electron chi connectivity index (χ4n) is 3.64. The van der Waals surface area contributed by atoms with E-state index in [0.29, 0.717) is 51.9 Å². The number of halogens is 2. The van der Waals surface area contributed by atoms with Crippen LogP contribution in [0.4, 0.5) is 19.3 Å². The molecule has 0 spiro atoms. The monoisotopic (exact) mass is 367 g/mol. The Hall–Kier alpha value is -2.38. The molecule has 1 aromatic rings. The molecule has 26 heavy (non-hydrogen) atoms. The summed E-state index contributed by atoms with van der Waals surface area (Å²) in [5.74, 6) is -2.82. The summed E-state index contributed by atoms with van der Waals surface area (Å²) >= 11 is 0. The second-order valence-electron chi connectivity index (χ2n) is 6.88. The van der Waals surface area contributed by atoms with Crippen LogP contribution in [-0.4, -0.2) is 54.2 Å². The Morgan fingerprint density at radius 2 is 1.69 bits per heavy atom. The number of nitrogens with one attached hydrogen (secondary N) is 1. The molecule has 1 aliphatic heterocycles. The summed E-state index contributed by atoms with van der Waals surface area (Å²) in [7, 11) is 0. The highest BCUT2D eigenvalue weighted by molar-refractivity contribution is 5.75. The molecule has 2 aliphatic rings. The van der Waals surface area contributed by atoms with Crippen molar-refractivity contribution in [2.24, 2.45) is 5.92 Å². The van der Waals surface area contributed by atoms with Crippen molar-refractivity contribution in [1.82, 2.24) is 10.2 Å². The number of benzene rings is 1. The predicted molar refractivity (Wildman–Crippen MR) is 92.1 cm³/mol. The summed E-state index contributed by atoms with van der Waals surface area (Å²) in [6, 6.07) is 3.91. The summed E-state index contributed by atoms with van der Waals surface area (Å²) in [5.41, 5.74) is 0.219. The van der Waals surface area contributed by atoms with Crippen LogP contribution in [0.3, 0.4) is 0 Å². The number of piperazine rings is 1. The number of urea groups is 1. The van der Waals surface area contributed by atoms with Gasteiger partial charge in [0.05, 0.1) is 11.6 Å². The first-order chi connectivity index (χ1) is 12.5. The van der Waals surface area contributed by atoms with E-state index in [1.54, 1.807) is 9.80 Å². The van der Waals surface area contributed by atoms with E-state index in [9.17, 15) is 18.4 Å². The van der Waals surface area contributed by atoms with E-state index in [2.05, 4.69) is 5.32 Å². The Morgan fingerprint density at radius 3 is 2.31 bits per heavy atom. The zero-order valence-corrected chi connectivity index (χ0v) is 14.5. The van der Waals surface area contributed by atoms with E-state index in [4.69, 9.17) is 5.11 Å². The topological polar surface area (TPSA) is 72.9 Å². The third kappa shape index (κ3) is 4.05. The molecule has 2 amide bonds. The lowest BCUT2D eigenvalue weighted by molar-refractivity contribution is -0.142.